The summed E-state index contributed by atoms with van der Waals surface area (Å²) in [5, 5.41) is -0.186. The molecular weight excluding hydrogens is 280 g/mol. The molecule has 1 aromatic carbocycles. The zero-order valence-corrected chi connectivity index (χ0v) is 13.1. The van der Waals surface area contributed by atoms with Gasteiger partial charge < -0.3 is 9.47 Å². The third-order valence-electron chi connectivity index (χ3n) is 3.02. The Morgan fingerprint density at radius 1 is 1.00 bits per heavy atom. The quantitative estimate of drug-likeness (QED) is 0.761. The smallest absolute Gasteiger partial charge is 0.122 e. The van der Waals surface area contributed by atoms with E-state index in [1.54, 1.807) is 25.6 Å². The third kappa shape index (κ3) is 3.04. The van der Waals surface area contributed by atoms with E-state index in [1.165, 1.54) is 9.75 Å². The van der Waals surface area contributed by atoms with E-state index in [0.717, 1.165) is 22.6 Å². The first kappa shape index (κ1) is 14.2. The SMILES string of the molecule is COc1cc(OC)cc(C(Cl)c2cc(C)sc2C)c1. The molecule has 4 heteroatoms. The highest BCUT2D eigenvalue weighted by atomic mass is 35.5. The molecule has 0 saturated carbocycles. The predicted molar refractivity (Wildman–Crippen MR) is 81.0 cm³/mol. The van der Waals surface area contributed by atoms with Gasteiger partial charge in [-0.2, -0.15) is 0 Å². The van der Waals surface area contributed by atoms with Gasteiger partial charge in [-0.3, -0.25) is 0 Å². The Morgan fingerprint density at radius 3 is 2.00 bits per heavy atom. The Bertz CT molecular complexity index is 555. The van der Waals surface area contributed by atoms with Crippen molar-refractivity contribution in [3.05, 3.63) is 45.1 Å². The summed E-state index contributed by atoms with van der Waals surface area (Å²) in [5.41, 5.74) is 2.14. The van der Waals surface area contributed by atoms with Gasteiger partial charge in [0.1, 0.15) is 11.5 Å². The molecule has 0 saturated heterocycles. The number of methoxy groups -OCH3 is 2. The van der Waals surface area contributed by atoms with Crippen LogP contribution in [0.5, 0.6) is 11.5 Å². The lowest BCUT2D eigenvalue weighted by Crippen LogP contribution is -1.96. The molecule has 0 fully saturated rings. The first-order chi connectivity index (χ1) is 9.05. The molecule has 2 nitrogen and oxygen atoms in total. The van der Waals surface area contributed by atoms with E-state index in [2.05, 4.69) is 19.9 Å². The van der Waals surface area contributed by atoms with Gasteiger partial charge in [0.2, 0.25) is 0 Å². The number of rotatable bonds is 4. The van der Waals surface area contributed by atoms with Crippen LogP contribution in [-0.4, -0.2) is 14.2 Å². The first-order valence-electron chi connectivity index (χ1n) is 5.99. The zero-order chi connectivity index (χ0) is 14.0. The van der Waals surface area contributed by atoms with Crippen molar-refractivity contribution in [1.29, 1.82) is 0 Å². The number of halogens is 1. The van der Waals surface area contributed by atoms with Gasteiger partial charge >= 0.3 is 0 Å². The van der Waals surface area contributed by atoms with Gasteiger partial charge in [0.05, 0.1) is 19.6 Å². The molecule has 0 amide bonds. The van der Waals surface area contributed by atoms with E-state index >= 15 is 0 Å². The lowest BCUT2D eigenvalue weighted by atomic mass is 10.0. The summed E-state index contributed by atoms with van der Waals surface area (Å²) in [6.07, 6.45) is 0. The second-order valence-electron chi connectivity index (χ2n) is 4.38. The molecule has 19 heavy (non-hydrogen) atoms. The van der Waals surface area contributed by atoms with Crippen molar-refractivity contribution < 1.29 is 9.47 Å². The second kappa shape index (κ2) is 5.85. The molecule has 2 aromatic rings. The third-order valence-corrected chi connectivity index (χ3v) is 4.49. The van der Waals surface area contributed by atoms with Gasteiger partial charge in [-0.05, 0) is 43.2 Å². The Labute approximate surface area is 122 Å². The maximum atomic E-state index is 6.60. The summed E-state index contributed by atoms with van der Waals surface area (Å²) in [7, 11) is 3.28. The molecule has 0 bridgehead atoms. The minimum absolute atomic E-state index is 0.186. The van der Waals surface area contributed by atoms with E-state index in [-0.39, 0.29) is 5.38 Å². The van der Waals surface area contributed by atoms with Crippen LogP contribution in [0.1, 0.15) is 26.3 Å². The average Bonchev–Trinajstić information content (AvgIpc) is 2.76. The van der Waals surface area contributed by atoms with E-state index in [0.29, 0.717) is 0 Å². The first-order valence-corrected chi connectivity index (χ1v) is 7.24. The van der Waals surface area contributed by atoms with Crippen LogP contribution in [0, 0.1) is 13.8 Å². The fraction of sp³-hybridized carbons (Fsp3) is 0.333. The number of benzene rings is 1. The highest BCUT2D eigenvalue weighted by Crippen LogP contribution is 2.38. The number of thiophene rings is 1. The summed E-state index contributed by atoms with van der Waals surface area (Å²) in [6, 6.07) is 7.89. The lowest BCUT2D eigenvalue weighted by Gasteiger charge is -2.13. The molecule has 0 aliphatic rings. The van der Waals surface area contributed by atoms with E-state index < -0.39 is 0 Å². The molecule has 1 unspecified atom stereocenters. The maximum absolute atomic E-state index is 6.60. The summed E-state index contributed by atoms with van der Waals surface area (Å²) < 4.78 is 10.6. The van der Waals surface area contributed by atoms with Gasteiger partial charge in [0.15, 0.2) is 0 Å². The van der Waals surface area contributed by atoms with Crippen LogP contribution in [0.15, 0.2) is 24.3 Å². The monoisotopic (exact) mass is 296 g/mol. The molecule has 1 atom stereocenters. The van der Waals surface area contributed by atoms with Gasteiger partial charge in [-0.15, -0.1) is 22.9 Å². The van der Waals surface area contributed by atoms with Gasteiger partial charge in [-0.25, -0.2) is 0 Å². The molecular formula is C15H17ClO2S. The minimum Gasteiger partial charge on any atom is -0.497 e. The van der Waals surface area contributed by atoms with Crippen molar-refractivity contribution in [2.45, 2.75) is 19.2 Å². The van der Waals surface area contributed by atoms with Crippen LogP contribution in [0.4, 0.5) is 0 Å². The standard InChI is InChI=1S/C15H17ClO2S/c1-9-5-14(10(2)19-9)15(16)11-6-12(17-3)8-13(7-11)18-4/h5-8,15H,1-4H3. The molecule has 0 aliphatic carbocycles. The van der Waals surface area contributed by atoms with Crippen LogP contribution in [-0.2, 0) is 0 Å². The van der Waals surface area contributed by atoms with Crippen molar-refractivity contribution >= 4 is 22.9 Å². The Morgan fingerprint density at radius 2 is 1.58 bits per heavy atom. The highest BCUT2D eigenvalue weighted by molar-refractivity contribution is 7.12. The summed E-state index contributed by atoms with van der Waals surface area (Å²) in [4.78, 5) is 2.52. The van der Waals surface area contributed by atoms with Crippen molar-refractivity contribution in [3.8, 4) is 11.5 Å². The predicted octanol–water partition coefficient (Wildman–Crippen LogP) is 4.71. The molecule has 0 aliphatic heterocycles. The van der Waals surface area contributed by atoms with Gasteiger partial charge in [-0.1, -0.05) is 0 Å². The van der Waals surface area contributed by atoms with E-state index in [9.17, 15) is 0 Å². The highest BCUT2D eigenvalue weighted by Gasteiger charge is 2.17. The van der Waals surface area contributed by atoms with Crippen molar-refractivity contribution in [3.63, 3.8) is 0 Å². The normalized spacial score (nSPS) is 12.3. The Balaban J connectivity index is 2.43. The molecule has 1 heterocycles. The fourth-order valence-corrected chi connectivity index (χ4v) is 3.44. The Kier molecular flexibility index (Phi) is 4.38. The fourth-order valence-electron chi connectivity index (χ4n) is 2.06. The number of aryl methyl sites for hydroxylation is 2. The number of ether oxygens (including phenoxy) is 2. The van der Waals surface area contributed by atoms with Crippen LogP contribution < -0.4 is 9.47 Å². The minimum atomic E-state index is -0.186. The lowest BCUT2D eigenvalue weighted by molar-refractivity contribution is 0.393. The summed E-state index contributed by atoms with van der Waals surface area (Å²) >= 11 is 8.37. The summed E-state index contributed by atoms with van der Waals surface area (Å²) in [5.74, 6) is 1.51. The number of hydrogen-bond acceptors (Lipinski definition) is 3. The van der Waals surface area contributed by atoms with Crippen molar-refractivity contribution in [2.24, 2.45) is 0 Å². The molecule has 1 aromatic heterocycles. The van der Waals surface area contributed by atoms with Crippen LogP contribution in [0.2, 0.25) is 0 Å². The van der Waals surface area contributed by atoms with Gasteiger partial charge in [0.25, 0.3) is 0 Å². The van der Waals surface area contributed by atoms with Crippen LogP contribution in [0.3, 0.4) is 0 Å². The van der Waals surface area contributed by atoms with Crippen molar-refractivity contribution in [1.82, 2.24) is 0 Å². The van der Waals surface area contributed by atoms with Crippen molar-refractivity contribution in [2.75, 3.05) is 14.2 Å². The molecule has 0 radical (unpaired) electrons. The molecule has 0 spiro atoms. The largest absolute Gasteiger partial charge is 0.497 e. The van der Waals surface area contributed by atoms with Gasteiger partial charge in [0, 0.05) is 15.8 Å². The van der Waals surface area contributed by atoms with E-state index in [4.69, 9.17) is 21.1 Å². The van der Waals surface area contributed by atoms with Crippen LogP contribution >= 0.6 is 22.9 Å². The second-order valence-corrected chi connectivity index (χ2v) is 6.27. The number of hydrogen-bond donors (Lipinski definition) is 0. The number of alkyl halides is 1. The maximum Gasteiger partial charge on any atom is 0.122 e. The Hall–Kier alpha value is -1.19. The summed E-state index contributed by atoms with van der Waals surface area (Å²) in [6.45, 7) is 4.19. The molecule has 2 rings (SSSR count). The topological polar surface area (TPSA) is 18.5 Å². The average molecular weight is 297 g/mol. The molecule has 102 valence electrons. The van der Waals surface area contributed by atoms with Crippen LogP contribution in [0.25, 0.3) is 0 Å². The zero-order valence-electron chi connectivity index (χ0n) is 11.5. The molecule has 0 N–H and O–H groups in total. The van der Waals surface area contributed by atoms with E-state index in [1.807, 2.05) is 18.2 Å².